The van der Waals surface area contributed by atoms with Gasteiger partial charge in [-0.1, -0.05) is 0 Å². The summed E-state index contributed by atoms with van der Waals surface area (Å²) in [5.41, 5.74) is 5.61. The fraction of sp³-hybridized carbons (Fsp3) is 0.333. The number of nitrogens with one attached hydrogen (secondary N) is 4. The van der Waals surface area contributed by atoms with Crippen molar-refractivity contribution in [3.63, 3.8) is 0 Å². The molecule has 168 valence electrons. The highest BCUT2D eigenvalue weighted by atomic mass is 19.2. The van der Waals surface area contributed by atoms with Gasteiger partial charge < -0.3 is 0 Å². The van der Waals surface area contributed by atoms with Crippen molar-refractivity contribution in [2.45, 2.75) is 32.6 Å². The molecule has 0 fully saturated rings. The Hall–Kier alpha value is -3.98. The number of rotatable bonds is 7. The average molecular weight is 449 g/mol. The van der Waals surface area contributed by atoms with Gasteiger partial charge in [0.2, 0.25) is 23.5 Å². The van der Waals surface area contributed by atoms with E-state index in [1.807, 2.05) is 5.43 Å². The molecule has 0 spiro atoms. The molecule has 0 saturated carbocycles. The lowest BCUT2D eigenvalue weighted by atomic mass is 10.2. The number of unbranched alkanes of at least 4 members (excludes halogenated alkanes) is 1. The van der Waals surface area contributed by atoms with Crippen LogP contribution >= 0.6 is 0 Å². The fourth-order valence-corrected chi connectivity index (χ4v) is 1.76. The molecule has 0 unspecified atom stereocenters. The first-order valence-electron chi connectivity index (χ1n) is 8.33. The number of aromatic nitrogens is 3. The number of carbonyl (C=O) groups excluding carboxylic acids is 3. The van der Waals surface area contributed by atoms with Gasteiger partial charge in [0.1, 0.15) is 5.69 Å². The van der Waals surface area contributed by atoms with Gasteiger partial charge in [-0.25, -0.2) is 0 Å². The van der Waals surface area contributed by atoms with Crippen LogP contribution in [0.1, 0.15) is 32.6 Å². The lowest BCUT2D eigenvalue weighted by Gasteiger charge is -2.09. The number of anilines is 1. The van der Waals surface area contributed by atoms with E-state index in [0.717, 1.165) is 0 Å². The Morgan fingerprint density at radius 3 is 1.61 bits per heavy atom. The van der Waals surface area contributed by atoms with Gasteiger partial charge >= 0.3 is 18.2 Å². The predicted molar refractivity (Wildman–Crippen MR) is 93.2 cm³/mol. The molecular weight excluding hydrogens is 434 g/mol. The van der Waals surface area contributed by atoms with Crippen LogP contribution in [-0.4, -0.2) is 32.7 Å². The maximum Gasteiger partial charge on any atom is 0.316 e. The Balaban J connectivity index is 0.000000442. The molecule has 0 aliphatic heterocycles. The van der Waals surface area contributed by atoms with Crippen molar-refractivity contribution in [2.75, 3.05) is 5.43 Å². The van der Waals surface area contributed by atoms with E-state index < -0.39 is 52.4 Å². The van der Waals surface area contributed by atoms with Gasteiger partial charge in [0.25, 0.3) is 10.9 Å². The zero-order valence-electron chi connectivity index (χ0n) is 15.7. The molecule has 0 radical (unpaired) electrons. The van der Waals surface area contributed by atoms with E-state index >= 15 is 0 Å². The molecule has 0 aliphatic carbocycles. The van der Waals surface area contributed by atoms with Crippen LogP contribution in [0.5, 0.6) is 0 Å². The smallest absolute Gasteiger partial charge is 0.292 e. The summed E-state index contributed by atoms with van der Waals surface area (Å²) < 4.78 is 47.9. The minimum atomic E-state index is -1.46. The van der Waals surface area contributed by atoms with Gasteiger partial charge in [-0.15, -0.1) is 0 Å². The van der Waals surface area contributed by atoms with Crippen LogP contribution in [0.25, 0.3) is 0 Å². The van der Waals surface area contributed by atoms with E-state index in [1.54, 1.807) is 0 Å². The highest BCUT2D eigenvalue weighted by Crippen LogP contribution is 2.03. The molecule has 4 N–H and O–H groups in total. The first-order chi connectivity index (χ1) is 14.5. The third kappa shape index (κ3) is 8.92. The molecule has 1 aromatic carbocycles. The number of hydrazine groups is 2. The first kappa shape index (κ1) is 25.1. The highest BCUT2D eigenvalue weighted by Gasteiger charge is 2.20. The van der Waals surface area contributed by atoms with Crippen molar-refractivity contribution in [1.82, 2.24) is 31.2 Å². The number of halogens is 4. The molecule has 12 nitrogen and oxygen atoms in total. The van der Waals surface area contributed by atoms with Gasteiger partial charge in [0, 0.05) is 19.8 Å². The van der Waals surface area contributed by atoms with Crippen molar-refractivity contribution < 1.29 is 31.9 Å². The summed E-state index contributed by atoms with van der Waals surface area (Å²) in [5, 5.41) is 0. The van der Waals surface area contributed by atoms with Crippen molar-refractivity contribution in [3.05, 3.63) is 44.5 Å². The number of hydrogen-bond acceptors (Lipinski definition) is 9. The van der Waals surface area contributed by atoms with Gasteiger partial charge in [-0.3, -0.25) is 45.7 Å². The van der Waals surface area contributed by atoms with E-state index in [0.29, 0.717) is 12.8 Å². The predicted octanol–water partition coefficient (Wildman–Crippen LogP) is -1.12. The molecule has 31 heavy (non-hydrogen) atoms. The van der Waals surface area contributed by atoms with E-state index in [-0.39, 0.29) is 18.7 Å². The molecule has 0 bridgehead atoms. The lowest BCUT2D eigenvalue weighted by molar-refractivity contribution is -0.128. The van der Waals surface area contributed by atoms with Crippen LogP contribution in [0.2, 0.25) is 0 Å². The summed E-state index contributed by atoms with van der Waals surface area (Å²) in [6, 6.07) is 0. The monoisotopic (exact) mass is 449 g/mol. The molecule has 0 aliphatic rings. The molecule has 2 aromatic rings. The van der Waals surface area contributed by atoms with Crippen LogP contribution < -0.4 is 32.6 Å². The summed E-state index contributed by atoms with van der Waals surface area (Å²) in [6.07, 6.45) is -3.45. The van der Waals surface area contributed by atoms with E-state index in [4.69, 9.17) is 0 Å². The molecule has 2 rings (SSSR count). The number of carbonyl (C=O) groups is 3. The number of amides is 3. The van der Waals surface area contributed by atoms with Crippen molar-refractivity contribution in [3.8, 4) is 0 Å². The van der Waals surface area contributed by atoms with E-state index in [2.05, 4.69) is 31.2 Å². The summed E-state index contributed by atoms with van der Waals surface area (Å²) in [7, 11) is 0. The number of hydrogen-bond donors (Lipinski definition) is 4. The Morgan fingerprint density at radius 2 is 1.19 bits per heavy atom. The Kier molecular flexibility index (Phi) is 9.61. The van der Waals surface area contributed by atoms with E-state index in [9.17, 15) is 41.5 Å². The standard InChI is InChI=1S/C12H15FN4O5.C3F3N3/c1-6(18)14-15-7(19)4-2-3-5-8(20)16-17-10-9(13)11(21)12(10)22;4-1-7-2(5)9-3(6)8-1/h17H,2-5H2,1H3,(H,14,18)(H,15,19)(H,16,20);. The quantitative estimate of drug-likeness (QED) is 0.177. The molecule has 16 heteroatoms. The molecular formula is C15H15F4N7O5. The van der Waals surface area contributed by atoms with Crippen LogP contribution in [0, 0.1) is 24.1 Å². The number of nitrogens with zero attached hydrogens (tertiary/aromatic N) is 3. The topological polar surface area (TPSA) is 172 Å². The molecule has 1 heterocycles. The van der Waals surface area contributed by atoms with Gasteiger partial charge in [-0.2, -0.15) is 32.5 Å². The Morgan fingerprint density at radius 1 is 0.742 bits per heavy atom. The largest absolute Gasteiger partial charge is 0.316 e. The van der Waals surface area contributed by atoms with Gasteiger partial charge in [-0.05, 0) is 12.8 Å². The second kappa shape index (κ2) is 11.9. The minimum absolute atomic E-state index is 0.0391. The van der Waals surface area contributed by atoms with Crippen LogP contribution in [0.15, 0.2) is 9.59 Å². The molecule has 0 atom stereocenters. The second-order valence-corrected chi connectivity index (χ2v) is 5.60. The lowest BCUT2D eigenvalue weighted by Crippen LogP contribution is -2.42. The van der Waals surface area contributed by atoms with Crippen LogP contribution in [0.4, 0.5) is 23.2 Å². The van der Waals surface area contributed by atoms with Gasteiger partial charge in [0.05, 0.1) is 0 Å². The summed E-state index contributed by atoms with van der Waals surface area (Å²) in [5.74, 6) is -2.52. The van der Waals surface area contributed by atoms with Crippen molar-refractivity contribution in [2.24, 2.45) is 0 Å². The van der Waals surface area contributed by atoms with Crippen LogP contribution in [0.3, 0.4) is 0 Å². The third-order valence-electron chi connectivity index (χ3n) is 3.17. The molecule has 1 aromatic heterocycles. The average Bonchev–Trinajstić information content (AvgIpc) is 2.68. The van der Waals surface area contributed by atoms with Gasteiger partial charge in [0.15, 0.2) is 0 Å². The fourth-order valence-electron chi connectivity index (χ4n) is 1.76. The SMILES string of the molecule is CC(=O)NNC(=O)CCCCC(=O)NNc1c(F)c(=O)c1=O.Fc1nc(F)nc(F)n1. The zero-order valence-corrected chi connectivity index (χ0v) is 15.7. The van der Waals surface area contributed by atoms with Crippen molar-refractivity contribution >= 4 is 23.4 Å². The summed E-state index contributed by atoms with van der Waals surface area (Å²) in [4.78, 5) is 61.9. The maximum absolute atomic E-state index is 12.8. The first-order valence-corrected chi connectivity index (χ1v) is 8.33. The molecule has 3 amide bonds. The summed E-state index contributed by atoms with van der Waals surface area (Å²) in [6.45, 7) is 1.25. The third-order valence-corrected chi connectivity index (χ3v) is 3.17. The maximum atomic E-state index is 12.8. The normalized spacial score (nSPS) is 9.97. The zero-order chi connectivity index (χ0) is 23.6. The Bertz CT molecular complexity index is 975. The molecule has 0 saturated heterocycles. The Labute approximate surface area is 170 Å². The van der Waals surface area contributed by atoms with Crippen molar-refractivity contribution in [1.29, 1.82) is 0 Å². The minimum Gasteiger partial charge on any atom is -0.292 e. The van der Waals surface area contributed by atoms with Crippen LogP contribution in [-0.2, 0) is 14.4 Å². The van der Waals surface area contributed by atoms with E-state index in [1.165, 1.54) is 6.92 Å². The second-order valence-electron chi connectivity index (χ2n) is 5.60. The summed E-state index contributed by atoms with van der Waals surface area (Å²) >= 11 is 0. The highest BCUT2D eigenvalue weighted by molar-refractivity contribution is 5.80.